The van der Waals surface area contributed by atoms with Crippen LogP contribution < -0.4 is 5.32 Å². The van der Waals surface area contributed by atoms with Gasteiger partial charge in [0.2, 0.25) is 5.91 Å². The van der Waals surface area contributed by atoms with E-state index >= 15 is 0 Å². The topological polar surface area (TPSA) is 91.2 Å². The summed E-state index contributed by atoms with van der Waals surface area (Å²) in [6.07, 6.45) is 0.431. The van der Waals surface area contributed by atoms with Crippen LogP contribution in [0.2, 0.25) is 0 Å². The van der Waals surface area contributed by atoms with E-state index in [2.05, 4.69) is 15.3 Å². The second-order valence-corrected chi connectivity index (χ2v) is 10.1. The predicted molar refractivity (Wildman–Crippen MR) is 139 cm³/mol. The minimum Gasteiger partial charge on any atom is -0.351 e. The number of para-hydroxylation sites is 1. The highest BCUT2D eigenvalue weighted by Gasteiger charge is 2.41. The Hall–Kier alpha value is -3.63. The average molecular weight is 521 g/mol. The highest BCUT2D eigenvalue weighted by Crippen LogP contribution is 2.34. The van der Waals surface area contributed by atoms with Gasteiger partial charge in [-0.1, -0.05) is 30.0 Å². The number of hydrogen-bond donors (Lipinski definition) is 1. The second kappa shape index (κ2) is 10.5. The molecule has 36 heavy (non-hydrogen) atoms. The molecular formula is C26H21FN4O3S2. The van der Waals surface area contributed by atoms with E-state index < -0.39 is 11.9 Å². The molecule has 2 aliphatic rings. The van der Waals surface area contributed by atoms with Crippen LogP contribution in [-0.4, -0.2) is 45.3 Å². The number of amides is 2. The lowest BCUT2D eigenvalue weighted by Gasteiger charge is -2.25. The van der Waals surface area contributed by atoms with Gasteiger partial charge in [-0.25, -0.2) is 14.3 Å². The molecule has 7 nitrogen and oxygen atoms in total. The van der Waals surface area contributed by atoms with Gasteiger partial charge in [0.15, 0.2) is 11.0 Å². The van der Waals surface area contributed by atoms with E-state index in [4.69, 9.17) is 0 Å². The number of ketones is 1. The molecule has 3 heterocycles. The minimum atomic E-state index is -0.711. The number of thiophene rings is 1. The molecule has 1 N–H and O–H groups in total. The van der Waals surface area contributed by atoms with Crippen LogP contribution in [0.25, 0.3) is 0 Å². The third-order valence-corrected chi connectivity index (χ3v) is 7.55. The van der Waals surface area contributed by atoms with Gasteiger partial charge in [0.05, 0.1) is 18.0 Å². The van der Waals surface area contributed by atoms with Crippen molar-refractivity contribution < 1.29 is 18.8 Å². The first-order valence-electron chi connectivity index (χ1n) is 11.3. The van der Waals surface area contributed by atoms with Gasteiger partial charge in [0.1, 0.15) is 17.7 Å². The molecular weight excluding hydrogens is 499 g/mol. The Morgan fingerprint density at radius 3 is 2.67 bits per heavy atom. The van der Waals surface area contributed by atoms with Crippen LogP contribution in [0.1, 0.15) is 33.6 Å². The normalized spacial score (nSPS) is 16.2. The number of carbonyl (C=O) groups excluding carboxylic acids is 3. The van der Waals surface area contributed by atoms with Crippen LogP contribution in [0.5, 0.6) is 0 Å². The number of fused-ring (bicyclic) bond motifs is 3. The average Bonchev–Trinajstić information content (AvgIpc) is 3.53. The van der Waals surface area contributed by atoms with Gasteiger partial charge >= 0.3 is 0 Å². The van der Waals surface area contributed by atoms with Crippen molar-refractivity contribution in [3.8, 4) is 0 Å². The molecule has 5 rings (SSSR count). The molecule has 0 fully saturated rings. The molecule has 1 atom stereocenters. The van der Waals surface area contributed by atoms with Crippen molar-refractivity contribution in [2.45, 2.75) is 25.4 Å². The lowest BCUT2D eigenvalue weighted by molar-refractivity contribution is -0.125. The second-order valence-electron chi connectivity index (χ2n) is 8.17. The van der Waals surface area contributed by atoms with Crippen molar-refractivity contribution >= 4 is 57.4 Å². The Morgan fingerprint density at radius 2 is 1.89 bits per heavy atom. The molecule has 1 aromatic heterocycles. The van der Waals surface area contributed by atoms with Crippen molar-refractivity contribution in [1.29, 1.82) is 0 Å². The number of aliphatic imine (C=N–C) groups is 2. The fraction of sp³-hybridized carbons (Fsp3) is 0.192. The monoisotopic (exact) mass is 520 g/mol. The zero-order valence-corrected chi connectivity index (χ0v) is 20.7. The molecule has 10 heteroatoms. The Morgan fingerprint density at radius 1 is 1.08 bits per heavy atom. The predicted octanol–water partition coefficient (Wildman–Crippen LogP) is 4.56. The Labute approximate surface area is 215 Å². The van der Waals surface area contributed by atoms with Gasteiger partial charge in [-0.05, 0) is 54.3 Å². The van der Waals surface area contributed by atoms with E-state index in [1.165, 1.54) is 29.2 Å². The highest BCUT2D eigenvalue weighted by atomic mass is 32.2. The van der Waals surface area contributed by atoms with Crippen molar-refractivity contribution in [2.24, 2.45) is 9.98 Å². The van der Waals surface area contributed by atoms with Gasteiger partial charge in [0, 0.05) is 22.4 Å². The minimum absolute atomic E-state index is 0.0273. The number of thioether (sulfide) groups is 1. The summed E-state index contributed by atoms with van der Waals surface area (Å²) in [5.74, 6) is -0.528. The van der Waals surface area contributed by atoms with E-state index in [9.17, 15) is 18.8 Å². The van der Waals surface area contributed by atoms with Gasteiger partial charge in [0.25, 0.3) is 5.91 Å². The Kier molecular flexibility index (Phi) is 7.06. The standard InChI is InChI=1S/C26H21FN4O3S2/c27-17-9-7-16(8-10-17)22(32)15-36-26-30-20-6-2-1-5-19(20)24-29-21(25(34)31(24)26)11-12-23(33)28-14-18-4-3-13-35-18/h1-10,13,21H,11-12,14-15H2,(H,28,33). The lowest BCUT2D eigenvalue weighted by Crippen LogP contribution is -2.41. The van der Waals surface area contributed by atoms with Gasteiger partial charge in [-0.15, -0.1) is 11.3 Å². The van der Waals surface area contributed by atoms with E-state index in [0.29, 0.717) is 28.8 Å². The number of rotatable bonds is 8. The van der Waals surface area contributed by atoms with Gasteiger partial charge in [-0.2, -0.15) is 0 Å². The molecule has 0 bridgehead atoms. The van der Waals surface area contributed by atoms with E-state index in [1.807, 2.05) is 41.8 Å². The number of carbonyl (C=O) groups is 3. The quantitative estimate of drug-likeness (QED) is 0.441. The smallest absolute Gasteiger partial charge is 0.259 e. The Balaban J connectivity index is 1.28. The van der Waals surface area contributed by atoms with Gasteiger partial charge in [-0.3, -0.25) is 19.4 Å². The molecule has 1 unspecified atom stereocenters. The van der Waals surface area contributed by atoms with Crippen LogP contribution in [0, 0.1) is 5.82 Å². The zero-order chi connectivity index (χ0) is 25.1. The summed E-state index contributed by atoms with van der Waals surface area (Å²) in [6.45, 7) is 0.457. The number of nitrogens with one attached hydrogen (secondary N) is 1. The Bertz CT molecular complexity index is 1370. The largest absolute Gasteiger partial charge is 0.351 e. The summed E-state index contributed by atoms with van der Waals surface area (Å²) in [5, 5.41) is 5.18. The van der Waals surface area contributed by atoms with Crippen LogP contribution >= 0.6 is 23.1 Å². The van der Waals surface area contributed by atoms with Crippen molar-refractivity contribution in [2.75, 3.05) is 5.75 Å². The molecule has 0 saturated carbocycles. The highest BCUT2D eigenvalue weighted by molar-refractivity contribution is 8.14. The maximum atomic E-state index is 13.3. The SMILES string of the molecule is O=C(CCC1N=C2c3ccccc3N=C(SCC(=O)c3ccc(F)cc3)N2C1=O)NCc1cccs1. The van der Waals surface area contributed by atoms with Crippen LogP contribution in [0.4, 0.5) is 10.1 Å². The van der Waals surface area contributed by atoms with E-state index in [0.717, 1.165) is 22.2 Å². The van der Waals surface area contributed by atoms with Gasteiger partial charge < -0.3 is 5.32 Å². The van der Waals surface area contributed by atoms with Crippen LogP contribution in [-0.2, 0) is 16.1 Å². The number of halogens is 1. The first-order chi connectivity index (χ1) is 17.5. The molecule has 0 aliphatic carbocycles. The summed E-state index contributed by atoms with van der Waals surface area (Å²) in [4.78, 5) is 50.1. The molecule has 2 aromatic carbocycles. The molecule has 182 valence electrons. The summed E-state index contributed by atoms with van der Waals surface area (Å²) in [6, 6.07) is 15.9. The number of nitrogens with zero attached hydrogens (tertiary/aromatic N) is 3. The van der Waals surface area contributed by atoms with Crippen LogP contribution in [0.15, 0.2) is 76.0 Å². The van der Waals surface area contributed by atoms with E-state index in [1.54, 1.807) is 11.3 Å². The molecule has 2 amide bonds. The molecule has 2 aliphatic heterocycles. The maximum Gasteiger partial charge on any atom is 0.259 e. The summed E-state index contributed by atoms with van der Waals surface area (Å²) < 4.78 is 13.2. The summed E-state index contributed by atoms with van der Waals surface area (Å²) in [5.41, 5.74) is 1.77. The lowest BCUT2D eigenvalue weighted by atomic mass is 10.1. The molecule has 3 aromatic rings. The third kappa shape index (κ3) is 5.14. The fourth-order valence-corrected chi connectivity index (χ4v) is 5.43. The first kappa shape index (κ1) is 24.1. The van der Waals surface area contributed by atoms with Crippen molar-refractivity contribution in [3.05, 3.63) is 87.9 Å². The van der Waals surface area contributed by atoms with Crippen molar-refractivity contribution in [1.82, 2.24) is 10.2 Å². The zero-order valence-electron chi connectivity index (χ0n) is 19.0. The van der Waals surface area contributed by atoms with Crippen LogP contribution in [0.3, 0.4) is 0 Å². The molecule has 0 radical (unpaired) electrons. The number of amidine groups is 2. The molecule has 0 spiro atoms. The summed E-state index contributed by atoms with van der Waals surface area (Å²) >= 11 is 2.70. The third-order valence-electron chi connectivity index (χ3n) is 5.73. The first-order valence-corrected chi connectivity index (χ1v) is 13.2. The van der Waals surface area contributed by atoms with E-state index in [-0.39, 0.29) is 36.2 Å². The van der Waals surface area contributed by atoms with Crippen molar-refractivity contribution in [3.63, 3.8) is 0 Å². The number of hydrogen-bond acceptors (Lipinski definition) is 7. The maximum absolute atomic E-state index is 13.3. The molecule has 0 saturated heterocycles. The fourth-order valence-electron chi connectivity index (χ4n) is 3.89. The number of Topliss-reactive ketones (excluding diaryl/α,β-unsaturated/α-hetero) is 1. The number of benzene rings is 2. The summed E-state index contributed by atoms with van der Waals surface area (Å²) in [7, 11) is 0.